The maximum atomic E-state index is 12.5. The highest BCUT2D eigenvalue weighted by atomic mass is 35.5. The molecular weight excluding hydrogens is 325 g/mol. The van der Waals surface area contributed by atoms with Gasteiger partial charge in [-0.3, -0.25) is 9.59 Å². The van der Waals surface area contributed by atoms with E-state index in [1.807, 2.05) is 0 Å². The average molecular weight is 344 g/mol. The first-order chi connectivity index (χ1) is 10.5. The molecule has 120 valence electrons. The summed E-state index contributed by atoms with van der Waals surface area (Å²) in [7, 11) is 0. The lowest BCUT2D eigenvalue weighted by Gasteiger charge is -2.35. The quantitative estimate of drug-likeness (QED) is 0.909. The van der Waals surface area contributed by atoms with Crippen LogP contribution in [0.3, 0.4) is 0 Å². The highest BCUT2D eigenvalue weighted by molar-refractivity contribution is 6.43. The third-order valence-electron chi connectivity index (χ3n) is 3.70. The Morgan fingerprint density at radius 3 is 2.36 bits per heavy atom. The van der Waals surface area contributed by atoms with Crippen LogP contribution in [0.5, 0.6) is 0 Å². The summed E-state index contributed by atoms with van der Waals surface area (Å²) in [6.07, 6.45) is 1.15. The summed E-state index contributed by atoms with van der Waals surface area (Å²) in [4.78, 5) is 27.9. The van der Waals surface area contributed by atoms with Crippen molar-refractivity contribution >= 4 is 35.0 Å². The van der Waals surface area contributed by atoms with E-state index < -0.39 is 0 Å². The van der Waals surface area contributed by atoms with E-state index in [0.29, 0.717) is 56.2 Å². The van der Waals surface area contributed by atoms with Gasteiger partial charge in [0.05, 0.1) is 15.6 Å². The van der Waals surface area contributed by atoms with E-state index >= 15 is 0 Å². The van der Waals surface area contributed by atoms with Crippen LogP contribution in [0.2, 0.25) is 10.0 Å². The lowest BCUT2D eigenvalue weighted by molar-refractivity contribution is -0.132. The van der Waals surface area contributed by atoms with Gasteiger partial charge in [-0.25, -0.2) is 0 Å². The van der Waals surface area contributed by atoms with Crippen LogP contribution in [0.25, 0.3) is 0 Å². The zero-order chi connectivity index (χ0) is 16.1. The van der Waals surface area contributed by atoms with Crippen LogP contribution < -0.4 is 5.73 Å². The lowest BCUT2D eigenvalue weighted by Crippen LogP contribution is -2.50. The van der Waals surface area contributed by atoms with Crippen molar-refractivity contribution in [2.75, 3.05) is 32.7 Å². The van der Waals surface area contributed by atoms with Crippen molar-refractivity contribution in [3.05, 3.63) is 33.8 Å². The van der Waals surface area contributed by atoms with Gasteiger partial charge in [0.1, 0.15) is 0 Å². The Balaban J connectivity index is 1.95. The molecule has 5 nitrogen and oxygen atoms in total. The second-order valence-corrected chi connectivity index (χ2v) is 5.95. The number of nitrogens with zero attached hydrogens (tertiary/aromatic N) is 2. The normalized spacial score (nSPS) is 15.0. The van der Waals surface area contributed by atoms with E-state index in [1.165, 1.54) is 0 Å². The Morgan fingerprint density at radius 1 is 1.09 bits per heavy atom. The fraction of sp³-hybridized carbons (Fsp3) is 0.467. The van der Waals surface area contributed by atoms with E-state index in [2.05, 4.69) is 0 Å². The molecule has 1 fully saturated rings. The van der Waals surface area contributed by atoms with Gasteiger partial charge in [0.15, 0.2) is 0 Å². The van der Waals surface area contributed by atoms with Gasteiger partial charge >= 0.3 is 0 Å². The molecule has 22 heavy (non-hydrogen) atoms. The summed E-state index contributed by atoms with van der Waals surface area (Å²) in [5.41, 5.74) is 5.81. The Labute approximate surface area is 139 Å². The Hall–Kier alpha value is -1.30. The first-order valence-electron chi connectivity index (χ1n) is 7.25. The summed E-state index contributed by atoms with van der Waals surface area (Å²) in [5.74, 6) is -0.0557. The van der Waals surface area contributed by atoms with Gasteiger partial charge in [-0.05, 0) is 25.1 Å². The number of nitrogens with two attached hydrogens (primary N) is 1. The lowest BCUT2D eigenvalue weighted by atomic mass is 10.1. The molecule has 1 aliphatic rings. The molecule has 0 bridgehead atoms. The molecule has 2 rings (SSSR count). The number of benzene rings is 1. The minimum Gasteiger partial charge on any atom is -0.339 e. The van der Waals surface area contributed by atoms with Crippen LogP contribution in [0, 0.1) is 0 Å². The second kappa shape index (κ2) is 7.81. The monoisotopic (exact) mass is 343 g/mol. The van der Waals surface area contributed by atoms with Crippen molar-refractivity contribution in [2.45, 2.75) is 12.8 Å². The second-order valence-electron chi connectivity index (χ2n) is 5.17. The Bertz CT molecular complexity index is 558. The van der Waals surface area contributed by atoms with E-state index in [1.54, 1.807) is 28.0 Å². The molecule has 0 spiro atoms. The van der Waals surface area contributed by atoms with Crippen LogP contribution in [0.1, 0.15) is 23.2 Å². The molecule has 0 aromatic heterocycles. The first kappa shape index (κ1) is 17.1. The van der Waals surface area contributed by atoms with Crippen molar-refractivity contribution in [1.29, 1.82) is 0 Å². The number of hydrogen-bond acceptors (Lipinski definition) is 3. The van der Waals surface area contributed by atoms with Gasteiger partial charge < -0.3 is 15.5 Å². The number of hydrogen-bond donors (Lipinski definition) is 1. The van der Waals surface area contributed by atoms with Crippen molar-refractivity contribution in [3.63, 3.8) is 0 Å². The molecule has 1 saturated heterocycles. The maximum Gasteiger partial charge on any atom is 0.255 e. The van der Waals surface area contributed by atoms with Crippen LogP contribution in [0.15, 0.2) is 18.2 Å². The molecule has 1 aliphatic heterocycles. The molecule has 0 radical (unpaired) electrons. The van der Waals surface area contributed by atoms with Crippen molar-refractivity contribution < 1.29 is 9.59 Å². The van der Waals surface area contributed by atoms with Gasteiger partial charge in [-0.2, -0.15) is 0 Å². The smallest absolute Gasteiger partial charge is 0.255 e. The molecule has 1 heterocycles. The minimum atomic E-state index is -0.151. The summed E-state index contributed by atoms with van der Waals surface area (Å²) < 4.78 is 0. The van der Waals surface area contributed by atoms with E-state index in [-0.39, 0.29) is 16.8 Å². The molecular formula is C15H19Cl2N3O2. The zero-order valence-corrected chi connectivity index (χ0v) is 13.7. The van der Waals surface area contributed by atoms with Gasteiger partial charge in [0.25, 0.3) is 5.91 Å². The standard InChI is InChI=1S/C15H19Cl2N3O2/c16-12-4-1-3-11(14(12)17)15(22)20-9-7-19(8-10-20)13(21)5-2-6-18/h1,3-4H,2,5-10,18H2. The van der Waals surface area contributed by atoms with Crippen LogP contribution in [-0.4, -0.2) is 54.3 Å². The number of carbonyl (C=O) groups is 2. The topological polar surface area (TPSA) is 66.6 Å². The predicted octanol–water partition coefficient (Wildman–Crippen LogP) is 2.02. The molecule has 0 aliphatic carbocycles. The van der Waals surface area contributed by atoms with Crippen LogP contribution >= 0.6 is 23.2 Å². The van der Waals surface area contributed by atoms with E-state index in [9.17, 15) is 9.59 Å². The number of amides is 2. The number of halogens is 2. The predicted molar refractivity (Wildman–Crippen MR) is 87.2 cm³/mol. The molecule has 2 amide bonds. The molecule has 0 atom stereocenters. The molecule has 1 aromatic rings. The van der Waals surface area contributed by atoms with Gasteiger partial charge in [0, 0.05) is 32.6 Å². The van der Waals surface area contributed by atoms with Crippen molar-refractivity contribution in [1.82, 2.24) is 9.80 Å². The van der Waals surface area contributed by atoms with E-state index in [0.717, 1.165) is 0 Å². The molecule has 2 N–H and O–H groups in total. The molecule has 0 saturated carbocycles. The first-order valence-corrected chi connectivity index (χ1v) is 8.01. The molecule has 0 unspecified atom stereocenters. The van der Waals surface area contributed by atoms with Gasteiger partial charge in [0.2, 0.25) is 5.91 Å². The number of carbonyl (C=O) groups excluding carboxylic acids is 2. The van der Waals surface area contributed by atoms with Crippen molar-refractivity contribution in [2.24, 2.45) is 5.73 Å². The highest BCUT2D eigenvalue weighted by Gasteiger charge is 2.25. The maximum absolute atomic E-state index is 12.5. The summed E-state index contributed by atoms with van der Waals surface area (Å²) in [6, 6.07) is 5.01. The highest BCUT2D eigenvalue weighted by Crippen LogP contribution is 2.26. The number of rotatable bonds is 4. The summed E-state index contributed by atoms with van der Waals surface area (Å²) in [5, 5.41) is 0.638. The third kappa shape index (κ3) is 3.91. The summed E-state index contributed by atoms with van der Waals surface area (Å²) in [6.45, 7) is 2.57. The van der Waals surface area contributed by atoms with Crippen LogP contribution in [-0.2, 0) is 4.79 Å². The Morgan fingerprint density at radius 2 is 1.73 bits per heavy atom. The largest absolute Gasteiger partial charge is 0.339 e. The fourth-order valence-corrected chi connectivity index (χ4v) is 2.79. The fourth-order valence-electron chi connectivity index (χ4n) is 2.41. The van der Waals surface area contributed by atoms with Gasteiger partial charge in [-0.1, -0.05) is 29.3 Å². The van der Waals surface area contributed by atoms with E-state index in [4.69, 9.17) is 28.9 Å². The molecule has 7 heteroatoms. The Kier molecular flexibility index (Phi) is 6.06. The van der Waals surface area contributed by atoms with Crippen molar-refractivity contribution in [3.8, 4) is 0 Å². The van der Waals surface area contributed by atoms with Gasteiger partial charge in [-0.15, -0.1) is 0 Å². The zero-order valence-electron chi connectivity index (χ0n) is 12.2. The average Bonchev–Trinajstić information content (AvgIpc) is 2.54. The molecule has 1 aromatic carbocycles. The summed E-state index contributed by atoms with van der Waals surface area (Å²) >= 11 is 12.0. The minimum absolute atomic E-state index is 0.0957. The SMILES string of the molecule is NCCCC(=O)N1CCN(C(=O)c2cccc(Cl)c2Cl)CC1. The van der Waals surface area contributed by atoms with Crippen LogP contribution in [0.4, 0.5) is 0 Å². The number of piperazine rings is 1. The third-order valence-corrected chi connectivity index (χ3v) is 4.52.